The Labute approximate surface area is 160 Å². The van der Waals surface area contributed by atoms with Crippen LogP contribution in [0.3, 0.4) is 0 Å². The number of rotatable bonds is 11. The van der Waals surface area contributed by atoms with E-state index in [1.807, 2.05) is 0 Å². The third-order valence-electron chi connectivity index (χ3n) is 3.39. The van der Waals surface area contributed by atoms with E-state index in [2.05, 4.69) is 10.6 Å². The van der Waals surface area contributed by atoms with E-state index >= 15 is 0 Å². The topological polar surface area (TPSA) is 116 Å². The largest absolute Gasteiger partial charge is 0.481 e. The lowest BCUT2D eigenvalue weighted by Gasteiger charge is -2.26. The second kappa shape index (κ2) is 11.3. The minimum Gasteiger partial charge on any atom is -0.481 e. The summed E-state index contributed by atoms with van der Waals surface area (Å²) in [5.41, 5.74) is 0.337. The van der Waals surface area contributed by atoms with Crippen LogP contribution in [0.15, 0.2) is 24.3 Å². The molecule has 0 radical (unpaired) electrons. The van der Waals surface area contributed by atoms with E-state index in [1.165, 1.54) is 17.0 Å². The predicted molar refractivity (Wildman–Crippen MR) is 97.7 cm³/mol. The molecule has 26 heavy (non-hydrogen) atoms. The molecule has 8 nitrogen and oxygen atoms in total. The highest BCUT2D eigenvalue weighted by Gasteiger charge is 2.28. The van der Waals surface area contributed by atoms with Gasteiger partial charge in [0.15, 0.2) is 0 Å². The number of carboxylic acid groups (broad SMARTS) is 1. The maximum Gasteiger partial charge on any atom is 0.305 e. The number of nitrogens with zero attached hydrogens (tertiary/aromatic N) is 1. The van der Waals surface area contributed by atoms with E-state index in [1.54, 1.807) is 12.1 Å². The SMILES string of the molecule is O=CNc1ccccc1C(=O)N[C@@H](CC(=O)O)C(=O)N(CCCl)CCCl. The van der Waals surface area contributed by atoms with Crippen molar-refractivity contribution in [3.63, 3.8) is 0 Å². The van der Waals surface area contributed by atoms with Crippen LogP contribution in [0.4, 0.5) is 5.69 Å². The average molecular weight is 404 g/mol. The average Bonchev–Trinajstić information content (AvgIpc) is 2.60. The Bertz CT molecular complexity index is 651. The zero-order valence-electron chi connectivity index (χ0n) is 13.8. The van der Waals surface area contributed by atoms with Crippen LogP contribution in [0.1, 0.15) is 16.8 Å². The van der Waals surface area contributed by atoms with Crippen LogP contribution in [0.5, 0.6) is 0 Å². The summed E-state index contributed by atoms with van der Waals surface area (Å²) in [4.78, 5) is 48.1. The molecular formula is C16H19Cl2N3O5. The van der Waals surface area contributed by atoms with Gasteiger partial charge >= 0.3 is 5.97 Å². The van der Waals surface area contributed by atoms with E-state index < -0.39 is 30.2 Å². The maximum absolute atomic E-state index is 12.6. The number of carbonyl (C=O) groups is 4. The Hall–Kier alpha value is -2.32. The van der Waals surface area contributed by atoms with Gasteiger partial charge in [-0.2, -0.15) is 0 Å². The minimum atomic E-state index is -1.30. The number of nitrogens with one attached hydrogen (secondary N) is 2. The van der Waals surface area contributed by atoms with Crippen molar-refractivity contribution < 1.29 is 24.3 Å². The number of hydrogen-bond acceptors (Lipinski definition) is 4. The number of hydrogen-bond donors (Lipinski definition) is 3. The quantitative estimate of drug-likeness (QED) is 0.378. The highest BCUT2D eigenvalue weighted by Crippen LogP contribution is 2.15. The molecular weight excluding hydrogens is 385 g/mol. The van der Waals surface area contributed by atoms with Gasteiger partial charge in [0.2, 0.25) is 12.3 Å². The molecule has 3 amide bonds. The van der Waals surface area contributed by atoms with Gasteiger partial charge in [-0.1, -0.05) is 12.1 Å². The third kappa shape index (κ3) is 6.53. The van der Waals surface area contributed by atoms with Crippen LogP contribution in [-0.2, 0) is 14.4 Å². The summed E-state index contributed by atoms with van der Waals surface area (Å²) in [6.45, 7) is 0.338. The Morgan fingerprint density at radius 1 is 1.15 bits per heavy atom. The van der Waals surface area contributed by atoms with Crippen LogP contribution in [0, 0.1) is 0 Å². The van der Waals surface area contributed by atoms with Crippen LogP contribution in [-0.4, -0.2) is 65.1 Å². The number of carboxylic acids is 1. The molecule has 10 heteroatoms. The number of halogens is 2. The van der Waals surface area contributed by atoms with Crippen molar-refractivity contribution in [2.45, 2.75) is 12.5 Å². The van der Waals surface area contributed by atoms with E-state index in [9.17, 15) is 19.2 Å². The number of para-hydroxylation sites is 1. The Morgan fingerprint density at radius 3 is 2.31 bits per heavy atom. The minimum absolute atomic E-state index is 0.101. The molecule has 0 aliphatic rings. The van der Waals surface area contributed by atoms with Crippen LogP contribution in [0.2, 0.25) is 0 Å². The first kappa shape index (κ1) is 21.7. The van der Waals surface area contributed by atoms with Gasteiger partial charge < -0.3 is 20.6 Å². The molecule has 0 aliphatic carbocycles. The fourth-order valence-electron chi connectivity index (χ4n) is 2.24. The second-order valence-corrected chi connectivity index (χ2v) is 5.89. The van der Waals surface area contributed by atoms with E-state index in [0.717, 1.165) is 0 Å². The van der Waals surface area contributed by atoms with Crippen molar-refractivity contribution in [3.8, 4) is 0 Å². The van der Waals surface area contributed by atoms with Crippen LogP contribution in [0.25, 0.3) is 0 Å². The standard InChI is InChI=1S/C16H19Cl2N3O5/c17-5-7-21(8-6-18)16(26)13(9-14(23)24)20-15(25)11-3-1-2-4-12(11)19-10-22/h1-4,10,13H,5-9H2,(H,19,22)(H,20,25)(H,23,24)/t13-/m0/s1. The van der Waals surface area contributed by atoms with Gasteiger partial charge in [0, 0.05) is 24.8 Å². The molecule has 1 aromatic rings. The molecule has 0 aromatic heterocycles. The number of alkyl halides is 2. The molecule has 0 spiro atoms. The summed E-state index contributed by atoms with van der Waals surface area (Å²) < 4.78 is 0. The van der Waals surface area contributed by atoms with Gasteiger partial charge in [-0.25, -0.2) is 0 Å². The van der Waals surface area contributed by atoms with Crippen LogP contribution < -0.4 is 10.6 Å². The fourth-order valence-corrected chi connectivity index (χ4v) is 2.65. The first-order valence-electron chi connectivity index (χ1n) is 7.67. The van der Waals surface area contributed by atoms with Crippen molar-refractivity contribution in [1.82, 2.24) is 10.2 Å². The molecule has 142 valence electrons. The van der Waals surface area contributed by atoms with Gasteiger partial charge in [0.1, 0.15) is 6.04 Å². The molecule has 1 rings (SSSR count). The van der Waals surface area contributed by atoms with Crippen molar-refractivity contribution in [1.29, 1.82) is 0 Å². The molecule has 0 fully saturated rings. The number of aliphatic carboxylic acids is 1. The molecule has 0 aliphatic heterocycles. The maximum atomic E-state index is 12.6. The monoisotopic (exact) mass is 403 g/mol. The van der Waals surface area contributed by atoms with Crippen molar-refractivity contribution in [3.05, 3.63) is 29.8 Å². The van der Waals surface area contributed by atoms with Crippen molar-refractivity contribution in [2.24, 2.45) is 0 Å². The number of benzene rings is 1. The summed E-state index contributed by atoms with van der Waals surface area (Å²) in [5, 5.41) is 13.8. The highest BCUT2D eigenvalue weighted by molar-refractivity contribution is 6.18. The van der Waals surface area contributed by atoms with Crippen molar-refractivity contribution >= 4 is 53.1 Å². The van der Waals surface area contributed by atoms with Gasteiger partial charge in [0.25, 0.3) is 5.91 Å². The lowest BCUT2D eigenvalue weighted by Crippen LogP contribution is -2.50. The van der Waals surface area contributed by atoms with Gasteiger partial charge in [-0.15, -0.1) is 23.2 Å². The zero-order valence-corrected chi connectivity index (χ0v) is 15.3. The summed E-state index contributed by atoms with van der Waals surface area (Å²) in [6, 6.07) is 4.84. The molecule has 0 heterocycles. The second-order valence-electron chi connectivity index (χ2n) is 5.13. The van der Waals surface area contributed by atoms with Crippen molar-refractivity contribution in [2.75, 3.05) is 30.2 Å². The lowest BCUT2D eigenvalue weighted by atomic mass is 10.1. The highest BCUT2D eigenvalue weighted by atomic mass is 35.5. The molecule has 0 unspecified atom stereocenters. The molecule has 3 N–H and O–H groups in total. The molecule has 1 atom stereocenters. The van der Waals surface area contributed by atoms with Gasteiger partial charge in [-0.3, -0.25) is 19.2 Å². The molecule has 1 aromatic carbocycles. The predicted octanol–water partition coefficient (Wildman–Crippen LogP) is 1.13. The third-order valence-corrected chi connectivity index (χ3v) is 3.73. The van der Waals surface area contributed by atoms with Crippen LogP contribution >= 0.6 is 23.2 Å². The first-order valence-corrected chi connectivity index (χ1v) is 8.74. The van der Waals surface area contributed by atoms with E-state index in [4.69, 9.17) is 28.3 Å². The lowest BCUT2D eigenvalue weighted by molar-refractivity contribution is -0.142. The Kier molecular flexibility index (Phi) is 9.46. The normalized spacial score (nSPS) is 11.3. The van der Waals surface area contributed by atoms with Gasteiger partial charge in [0.05, 0.1) is 17.7 Å². The Balaban J connectivity index is 3.03. The smallest absolute Gasteiger partial charge is 0.305 e. The summed E-state index contributed by atoms with van der Waals surface area (Å²) >= 11 is 11.3. The summed E-state index contributed by atoms with van der Waals surface area (Å²) in [7, 11) is 0. The van der Waals surface area contributed by atoms with E-state index in [-0.39, 0.29) is 36.1 Å². The molecule has 0 saturated carbocycles. The number of carbonyl (C=O) groups excluding carboxylic acids is 3. The Morgan fingerprint density at radius 2 is 1.77 bits per heavy atom. The molecule has 0 bridgehead atoms. The number of amides is 3. The van der Waals surface area contributed by atoms with E-state index in [0.29, 0.717) is 6.41 Å². The number of anilines is 1. The zero-order chi connectivity index (χ0) is 19.5. The van der Waals surface area contributed by atoms with Gasteiger partial charge in [-0.05, 0) is 12.1 Å². The fraction of sp³-hybridized carbons (Fsp3) is 0.375. The first-order chi connectivity index (χ1) is 12.4. The summed E-state index contributed by atoms with van der Waals surface area (Å²) in [6.07, 6.45) is -0.191. The summed E-state index contributed by atoms with van der Waals surface area (Å²) in [5.74, 6) is -2.25. The molecule has 0 saturated heterocycles.